The van der Waals surface area contributed by atoms with Crippen LogP contribution in [-0.2, 0) is 14.3 Å². The van der Waals surface area contributed by atoms with E-state index in [1.165, 1.54) is 24.3 Å². The van der Waals surface area contributed by atoms with Crippen molar-refractivity contribution in [1.29, 1.82) is 0 Å². The van der Waals surface area contributed by atoms with Gasteiger partial charge in [0.1, 0.15) is 5.75 Å². The second kappa shape index (κ2) is 9.33. The van der Waals surface area contributed by atoms with Crippen LogP contribution < -0.4 is 9.64 Å². The summed E-state index contributed by atoms with van der Waals surface area (Å²) >= 11 is 0. The minimum absolute atomic E-state index is 0.0785. The number of nitro groups is 1. The number of carbonyl (C=O) groups excluding carboxylic acids is 2. The highest BCUT2D eigenvalue weighted by atomic mass is 16.6. The Labute approximate surface area is 156 Å². The molecule has 0 heterocycles. The summed E-state index contributed by atoms with van der Waals surface area (Å²) in [6.45, 7) is 2.92. The van der Waals surface area contributed by atoms with Crippen molar-refractivity contribution in [3.05, 3.63) is 64.7 Å². The number of amides is 1. The number of para-hydroxylation sites is 1. The van der Waals surface area contributed by atoms with Gasteiger partial charge in [-0.15, -0.1) is 0 Å². The van der Waals surface area contributed by atoms with Gasteiger partial charge in [0, 0.05) is 23.9 Å². The van der Waals surface area contributed by atoms with Gasteiger partial charge in [-0.25, -0.2) is 4.79 Å². The highest BCUT2D eigenvalue weighted by Gasteiger charge is 2.20. The molecule has 0 atom stereocenters. The van der Waals surface area contributed by atoms with E-state index in [-0.39, 0.29) is 23.4 Å². The zero-order valence-electron chi connectivity index (χ0n) is 15.0. The first kappa shape index (κ1) is 19.9. The molecule has 2 aromatic rings. The lowest BCUT2D eigenvalue weighted by atomic mass is 10.2. The summed E-state index contributed by atoms with van der Waals surface area (Å²) in [4.78, 5) is 35.8. The molecule has 0 bridgehead atoms. The third-order valence-electron chi connectivity index (χ3n) is 3.58. The van der Waals surface area contributed by atoms with Gasteiger partial charge in [0.15, 0.2) is 13.2 Å². The summed E-state index contributed by atoms with van der Waals surface area (Å²) in [5.74, 6) is -0.768. The SMILES string of the molecule is CC(C)N(C(=O)COC(=O)COc1ccc([N+](=O)[O-])cc1)c1ccccc1. The number of hydrogen-bond donors (Lipinski definition) is 0. The first-order valence-corrected chi connectivity index (χ1v) is 8.28. The molecule has 0 aliphatic rings. The molecule has 0 fully saturated rings. The van der Waals surface area contributed by atoms with Crippen LogP contribution in [0.3, 0.4) is 0 Å². The fourth-order valence-electron chi connectivity index (χ4n) is 2.38. The van der Waals surface area contributed by atoms with Crippen LogP contribution in [-0.4, -0.2) is 36.1 Å². The summed E-state index contributed by atoms with van der Waals surface area (Å²) in [6, 6.07) is 14.3. The van der Waals surface area contributed by atoms with Gasteiger partial charge in [0.2, 0.25) is 0 Å². The standard InChI is InChI=1S/C19H20N2O6/c1-14(2)20(15-6-4-3-5-7-15)18(22)12-27-19(23)13-26-17-10-8-16(9-11-17)21(24)25/h3-11,14H,12-13H2,1-2H3. The van der Waals surface area contributed by atoms with Crippen molar-refractivity contribution in [1.82, 2.24) is 0 Å². The lowest BCUT2D eigenvalue weighted by Crippen LogP contribution is -2.40. The lowest BCUT2D eigenvalue weighted by Gasteiger charge is -2.26. The number of non-ortho nitro benzene ring substituents is 1. The van der Waals surface area contributed by atoms with Crippen molar-refractivity contribution in [2.75, 3.05) is 18.1 Å². The smallest absolute Gasteiger partial charge is 0.344 e. The fraction of sp³-hybridized carbons (Fsp3) is 0.263. The first-order chi connectivity index (χ1) is 12.9. The predicted molar refractivity (Wildman–Crippen MR) is 98.6 cm³/mol. The van der Waals surface area contributed by atoms with Gasteiger partial charge in [-0.1, -0.05) is 18.2 Å². The number of carbonyl (C=O) groups is 2. The van der Waals surface area contributed by atoms with Gasteiger partial charge >= 0.3 is 5.97 Å². The number of anilines is 1. The van der Waals surface area contributed by atoms with E-state index >= 15 is 0 Å². The van der Waals surface area contributed by atoms with Crippen LogP contribution in [0.15, 0.2) is 54.6 Å². The van der Waals surface area contributed by atoms with Crippen molar-refractivity contribution in [3.63, 3.8) is 0 Å². The largest absolute Gasteiger partial charge is 0.482 e. The monoisotopic (exact) mass is 372 g/mol. The van der Waals surface area contributed by atoms with E-state index in [0.717, 1.165) is 5.69 Å². The van der Waals surface area contributed by atoms with E-state index in [0.29, 0.717) is 0 Å². The average Bonchev–Trinajstić information content (AvgIpc) is 2.65. The molecular formula is C19H20N2O6. The van der Waals surface area contributed by atoms with Gasteiger partial charge in [0.25, 0.3) is 11.6 Å². The van der Waals surface area contributed by atoms with Crippen molar-refractivity contribution in [2.45, 2.75) is 19.9 Å². The Morgan fingerprint density at radius 1 is 1.04 bits per heavy atom. The van der Waals surface area contributed by atoms with Crippen molar-refractivity contribution < 1.29 is 24.0 Å². The van der Waals surface area contributed by atoms with E-state index in [1.54, 1.807) is 17.0 Å². The Bertz CT molecular complexity index is 790. The molecule has 0 spiro atoms. The average molecular weight is 372 g/mol. The van der Waals surface area contributed by atoms with Gasteiger partial charge in [-0.2, -0.15) is 0 Å². The summed E-state index contributed by atoms with van der Waals surface area (Å²) in [7, 11) is 0. The summed E-state index contributed by atoms with van der Waals surface area (Å²) < 4.78 is 10.2. The number of nitrogens with zero attached hydrogens (tertiary/aromatic N) is 2. The molecule has 2 aromatic carbocycles. The molecule has 0 saturated carbocycles. The quantitative estimate of drug-likeness (QED) is 0.401. The topological polar surface area (TPSA) is 99.0 Å². The van der Waals surface area contributed by atoms with Gasteiger partial charge in [-0.05, 0) is 38.1 Å². The van der Waals surface area contributed by atoms with Gasteiger partial charge in [0.05, 0.1) is 4.92 Å². The van der Waals surface area contributed by atoms with E-state index in [9.17, 15) is 19.7 Å². The molecule has 0 saturated heterocycles. The molecule has 0 unspecified atom stereocenters. The Balaban J connectivity index is 1.85. The summed E-state index contributed by atoms with van der Waals surface area (Å²) in [5, 5.41) is 10.6. The number of benzene rings is 2. The second-order valence-corrected chi connectivity index (χ2v) is 5.89. The second-order valence-electron chi connectivity index (χ2n) is 5.89. The van der Waals surface area contributed by atoms with Crippen LogP contribution in [0.2, 0.25) is 0 Å². The molecular weight excluding hydrogens is 352 g/mol. The maximum absolute atomic E-state index is 12.4. The zero-order valence-corrected chi connectivity index (χ0v) is 15.0. The minimum atomic E-state index is -0.710. The van der Waals surface area contributed by atoms with Crippen LogP contribution in [0.4, 0.5) is 11.4 Å². The number of rotatable bonds is 8. The Hall–Kier alpha value is -3.42. The molecule has 0 aliphatic heterocycles. The molecule has 0 aliphatic carbocycles. The third-order valence-corrected chi connectivity index (χ3v) is 3.58. The van der Waals surface area contributed by atoms with Crippen LogP contribution >= 0.6 is 0 Å². The zero-order chi connectivity index (χ0) is 19.8. The van der Waals surface area contributed by atoms with E-state index < -0.39 is 24.1 Å². The van der Waals surface area contributed by atoms with Crippen LogP contribution in [0.1, 0.15) is 13.8 Å². The Morgan fingerprint density at radius 2 is 1.67 bits per heavy atom. The summed E-state index contributed by atoms with van der Waals surface area (Å²) in [6.07, 6.45) is 0. The van der Waals surface area contributed by atoms with Crippen molar-refractivity contribution in [2.24, 2.45) is 0 Å². The van der Waals surface area contributed by atoms with Gasteiger partial charge < -0.3 is 14.4 Å². The molecule has 8 heteroatoms. The molecule has 8 nitrogen and oxygen atoms in total. The molecule has 142 valence electrons. The Kier molecular flexibility index (Phi) is 6.87. The summed E-state index contributed by atoms with van der Waals surface area (Å²) in [5.41, 5.74) is 0.640. The maximum Gasteiger partial charge on any atom is 0.344 e. The first-order valence-electron chi connectivity index (χ1n) is 8.28. The van der Waals surface area contributed by atoms with Crippen LogP contribution in [0.5, 0.6) is 5.75 Å². The molecule has 0 radical (unpaired) electrons. The molecule has 0 aromatic heterocycles. The molecule has 1 amide bonds. The number of hydrogen-bond acceptors (Lipinski definition) is 6. The number of nitro benzene ring substituents is 1. The van der Waals surface area contributed by atoms with Crippen LogP contribution in [0.25, 0.3) is 0 Å². The third kappa shape index (κ3) is 5.81. The fourth-order valence-corrected chi connectivity index (χ4v) is 2.38. The molecule has 0 N–H and O–H groups in total. The highest BCUT2D eigenvalue weighted by molar-refractivity contribution is 5.95. The minimum Gasteiger partial charge on any atom is -0.482 e. The molecule has 2 rings (SSSR count). The van der Waals surface area contributed by atoms with E-state index in [2.05, 4.69) is 0 Å². The van der Waals surface area contributed by atoms with Crippen LogP contribution in [0, 0.1) is 10.1 Å². The number of esters is 1. The van der Waals surface area contributed by atoms with E-state index in [4.69, 9.17) is 9.47 Å². The Morgan fingerprint density at radius 3 is 2.22 bits per heavy atom. The maximum atomic E-state index is 12.4. The van der Waals surface area contributed by atoms with Crippen molar-refractivity contribution in [3.8, 4) is 5.75 Å². The van der Waals surface area contributed by atoms with E-state index in [1.807, 2.05) is 32.0 Å². The predicted octanol–water partition coefficient (Wildman–Crippen LogP) is 2.96. The number of ether oxygens (including phenoxy) is 2. The highest BCUT2D eigenvalue weighted by Crippen LogP contribution is 2.18. The van der Waals surface area contributed by atoms with Crippen molar-refractivity contribution >= 4 is 23.3 Å². The lowest BCUT2D eigenvalue weighted by molar-refractivity contribution is -0.384. The molecule has 27 heavy (non-hydrogen) atoms. The van der Waals surface area contributed by atoms with Gasteiger partial charge in [-0.3, -0.25) is 14.9 Å². The normalized spacial score (nSPS) is 10.3.